The van der Waals surface area contributed by atoms with Crippen molar-refractivity contribution < 1.29 is 4.39 Å². The van der Waals surface area contributed by atoms with Gasteiger partial charge >= 0.3 is 0 Å². The molecule has 20 heavy (non-hydrogen) atoms. The number of benzene rings is 1. The van der Waals surface area contributed by atoms with Crippen LogP contribution < -0.4 is 16.8 Å². The van der Waals surface area contributed by atoms with Gasteiger partial charge in [-0.1, -0.05) is 11.6 Å². The maximum absolute atomic E-state index is 14.1. The zero-order valence-corrected chi connectivity index (χ0v) is 13.0. The van der Waals surface area contributed by atoms with Gasteiger partial charge < -0.3 is 16.8 Å². The van der Waals surface area contributed by atoms with Crippen molar-refractivity contribution in [3.05, 3.63) is 32.5 Å². The van der Waals surface area contributed by atoms with Crippen LogP contribution in [-0.4, -0.2) is 4.98 Å². The van der Waals surface area contributed by atoms with Crippen molar-refractivity contribution in [3.8, 4) is 0 Å². The van der Waals surface area contributed by atoms with E-state index >= 15 is 0 Å². The Morgan fingerprint density at radius 1 is 1.35 bits per heavy atom. The molecule has 7 heteroatoms. The largest absolute Gasteiger partial charge is 0.397 e. The van der Waals surface area contributed by atoms with Crippen LogP contribution in [0.25, 0.3) is 0 Å². The Kier molecular flexibility index (Phi) is 4.06. The topological polar surface area (TPSA) is 77.0 Å². The molecule has 0 saturated carbocycles. The van der Waals surface area contributed by atoms with Gasteiger partial charge in [-0.05, 0) is 26.8 Å². The van der Waals surface area contributed by atoms with Gasteiger partial charge in [-0.25, -0.2) is 9.37 Å². The van der Waals surface area contributed by atoms with Crippen LogP contribution in [-0.2, 0) is 0 Å². The number of nitrogens with zero attached hydrogens (tertiary/aromatic N) is 1. The van der Waals surface area contributed by atoms with E-state index in [0.29, 0.717) is 0 Å². The normalized spacial score (nSPS) is 12.4. The number of nitrogens with two attached hydrogens (primary N) is 2. The molecule has 0 aliphatic heterocycles. The molecule has 4 nitrogen and oxygen atoms in total. The first kappa shape index (κ1) is 14.9. The summed E-state index contributed by atoms with van der Waals surface area (Å²) in [5.74, 6) is -0.630. The SMILES string of the molecule is Cc1nc(C)c(C(C)Nc2c(N)cc(N)c(Cl)c2F)s1. The fraction of sp³-hybridized carbons (Fsp3) is 0.308. The maximum Gasteiger partial charge on any atom is 0.169 e. The zero-order valence-electron chi connectivity index (χ0n) is 11.4. The molecule has 1 aromatic carbocycles. The quantitative estimate of drug-likeness (QED) is 0.751. The number of hydrogen-bond donors (Lipinski definition) is 3. The molecule has 2 rings (SSSR count). The minimum Gasteiger partial charge on any atom is -0.397 e. The molecule has 5 N–H and O–H groups in total. The number of nitrogen functional groups attached to an aromatic ring is 2. The highest BCUT2D eigenvalue weighted by Gasteiger charge is 2.19. The van der Waals surface area contributed by atoms with Crippen molar-refractivity contribution >= 4 is 40.0 Å². The van der Waals surface area contributed by atoms with Gasteiger partial charge in [0.15, 0.2) is 5.82 Å². The van der Waals surface area contributed by atoms with Crippen molar-refractivity contribution in [1.29, 1.82) is 0 Å². The smallest absolute Gasteiger partial charge is 0.169 e. The van der Waals surface area contributed by atoms with E-state index in [1.807, 2.05) is 20.8 Å². The Morgan fingerprint density at radius 2 is 2.00 bits per heavy atom. The molecule has 0 radical (unpaired) electrons. The number of anilines is 3. The predicted octanol–water partition coefficient (Wildman–Crippen LogP) is 3.89. The summed E-state index contributed by atoms with van der Waals surface area (Å²) in [5, 5.41) is 3.90. The van der Waals surface area contributed by atoms with Crippen LogP contribution in [0.1, 0.15) is 28.5 Å². The van der Waals surface area contributed by atoms with Crippen LogP contribution in [0.5, 0.6) is 0 Å². The molecule has 0 amide bonds. The highest BCUT2D eigenvalue weighted by atomic mass is 35.5. The van der Waals surface area contributed by atoms with Gasteiger partial charge in [0, 0.05) is 4.88 Å². The van der Waals surface area contributed by atoms with Gasteiger partial charge in [0.25, 0.3) is 0 Å². The molecule has 0 aliphatic rings. The molecular weight excluding hydrogens is 299 g/mol. The van der Waals surface area contributed by atoms with Crippen LogP contribution in [0, 0.1) is 19.7 Å². The zero-order chi connectivity index (χ0) is 15.0. The lowest BCUT2D eigenvalue weighted by Gasteiger charge is -2.18. The van der Waals surface area contributed by atoms with E-state index in [2.05, 4.69) is 10.3 Å². The molecule has 1 atom stereocenters. The summed E-state index contributed by atoms with van der Waals surface area (Å²) < 4.78 is 14.1. The molecule has 0 bridgehead atoms. The average Bonchev–Trinajstić information content (AvgIpc) is 2.71. The summed E-state index contributed by atoms with van der Waals surface area (Å²) in [6.45, 7) is 5.78. The Morgan fingerprint density at radius 3 is 2.55 bits per heavy atom. The number of rotatable bonds is 3. The van der Waals surface area contributed by atoms with Gasteiger partial charge in [-0.15, -0.1) is 11.3 Å². The third-order valence-corrected chi connectivity index (χ3v) is 4.60. The minimum atomic E-state index is -0.630. The van der Waals surface area contributed by atoms with Crippen LogP contribution in [0.3, 0.4) is 0 Å². The second-order valence-corrected chi connectivity index (χ2v) is 6.22. The highest BCUT2D eigenvalue weighted by Crippen LogP contribution is 2.36. The second kappa shape index (κ2) is 5.46. The Labute approximate surface area is 126 Å². The van der Waals surface area contributed by atoms with Crippen LogP contribution >= 0.6 is 22.9 Å². The van der Waals surface area contributed by atoms with E-state index in [4.69, 9.17) is 23.1 Å². The van der Waals surface area contributed by atoms with Crippen molar-refractivity contribution in [2.24, 2.45) is 0 Å². The van der Waals surface area contributed by atoms with Gasteiger partial charge in [0.05, 0.1) is 33.8 Å². The van der Waals surface area contributed by atoms with Gasteiger partial charge in [-0.2, -0.15) is 0 Å². The molecule has 108 valence electrons. The van der Waals surface area contributed by atoms with Crippen molar-refractivity contribution in [2.75, 3.05) is 16.8 Å². The summed E-state index contributed by atoms with van der Waals surface area (Å²) in [6.07, 6.45) is 0. The van der Waals surface area contributed by atoms with Crippen LogP contribution in [0.4, 0.5) is 21.5 Å². The number of nitrogens with one attached hydrogen (secondary N) is 1. The number of halogens is 2. The first-order valence-electron chi connectivity index (χ1n) is 6.04. The predicted molar refractivity (Wildman–Crippen MR) is 83.9 cm³/mol. The Hall–Kier alpha value is -1.53. The van der Waals surface area contributed by atoms with Crippen molar-refractivity contribution in [3.63, 3.8) is 0 Å². The fourth-order valence-electron chi connectivity index (χ4n) is 2.04. The number of aryl methyl sites for hydroxylation is 2. The van der Waals surface area contributed by atoms with Crippen LogP contribution in [0.2, 0.25) is 5.02 Å². The molecule has 2 aromatic rings. The maximum atomic E-state index is 14.1. The molecule has 0 spiro atoms. The van der Waals surface area contributed by atoms with E-state index in [1.165, 1.54) is 6.07 Å². The summed E-state index contributed by atoms with van der Waals surface area (Å²) in [4.78, 5) is 5.39. The minimum absolute atomic E-state index is 0.119. The Balaban J connectivity index is 2.35. The summed E-state index contributed by atoms with van der Waals surface area (Å²) in [5.41, 5.74) is 12.8. The molecular formula is C13H16ClFN4S. The lowest BCUT2D eigenvalue weighted by Crippen LogP contribution is -2.11. The molecule has 0 aliphatic carbocycles. The third kappa shape index (κ3) is 2.66. The molecule has 1 unspecified atom stereocenters. The molecule has 1 aromatic heterocycles. The number of thiazole rings is 1. The average molecular weight is 315 g/mol. The number of aromatic nitrogens is 1. The van der Waals surface area contributed by atoms with E-state index in [0.717, 1.165) is 15.6 Å². The molecule has 0 saturated heterocycles. The lowest BCUT2D eigenvalue weighted by molar-refractivity contribution is 0.629. The van der Waals surface area contributed by atoms with E-state index in [1.54, 1.807) is 11.3 Å². The summed E-state index contributed by atoms with van der Waals surface area (Å²) >= 11 is 7.38. The summed E-state index contributed by atoms with van der Waals surface area (Å²) in [6, 6.07) is 1.32. The third-order valence-electron chi connectivity index (χ3n) is 2.96. The van der Waals surface area contributed by atoms with Gasteiger partial charge in [0.1, 0.15) is 5.02 Å². The van der Waals surface area contributed by atoms with Crippen molar-refractivity contribution in [1.82, 2.24) is 4.98 Å². The standard InChI is InChI=1S/C13H16ClFN4S/c1-5-13(20-7(3)18-5)6(2)19-12-9(17)4-8(16)10(14)11(12)15/h4,6,19H,16-17H2,1-3H3. The first-order chi connectivity index (χ1) is 9.31. The molecule has 1 heterocycles. The van der Waals surface area contributed by atoms with Gasteiger partial charge in [0.2, 0.25) is 0 Å². The summed E-state index contributed by atoms with van der Waals surface area (Å²) in [7, 11) is 0. The number of hydrogen-bond acceptors (Lipinski definition) is 5. The fourth-order valence-corrected chi connectivity index (χ4v) is 3.12. The van der Waals surface area contributed by atoms with E-state index < -0.39 is 5.82 Å². The highest BCUT2D eigenvalue weighted by molar-refractivity contribution is 7.11. The van der Waals surface area contributed by atoms with E-state index in [-0.39, 0.29) is 28.1 Å². The van der Waals surface area contributed by atoms with Crippen LogP contribution in [0.15, 0.2) is 6.07 Å². The molecule has 0 fully saturated rings. The second-order valence-electron chi connectivity index (χ2n) is 4.61. The monoisotopic (exact) mass is 314 g/mol. The van der Waals surface area contributed by atoms with Crippen molar-refractivity contribution in [2.45, 2.75) is 26.8 Å². The van der Waals surface area contributed by atoms with E-state index in [9.17, 15) is 4.39 Å². The first-order valence-corrected chi connectivity index (χ1v) is 7.24. The van der Waals surface area contributed by atoms with Gasteiger partial charge in [-0.3, -0.25) is 0 Å². The lowest BCUT2D eigenvalue weighted by atomic mass is 10.2. The Bertz CT molecular complexity index is 656.